The molecule has 1 N–H and O–H groups in total. The lowest BCUT2D eigenvalue weighted by molar-refractivity contribution is 0.196. The molecular formula is C21H26N6. The van der Waals surface area contributed by atoms with E-state index < -0.39 is 0 Å². The number of pyridine rings is 2. The van der Waals surface area contributed by atoms with Gasteiger partial charge in [0.2, 0.25) is 0 Å². The minimum absolute atomic E-state index is 0.528. The monoisotopic (exact) mass is 362 g/mol. The molecule has 27 heavy (non-hydrogen) atoms. The van der Waals surface area contributed by atoms with E-state index in [2.05, 4.69) is 56.5 Å². The Kier molecular flexibility index (Phi) is 5.16. The Bertz CT molecular complexity index is 903. The lowest BCUT2D eigenvalue weighted by atomic mass is 9.91. The van der Waals surface area contributed by atoms with E-state index in [0.29, 0.717) is 5.92 Å². The molecule has 0 saturated carbocycles. The van der Waals surface area contributed by atoms with E-state index in [0.717, 1.165) is 36.8 Å². The fraction of sp³-hybridized carbons (Fsp3) is 0.381. The number of piperidine rings is 1. The van der Waals surface area contributed by atoms with Gasteiger partial charge in [0.15, 0.2) is 0 Å². The molecule has 3 aromatic heterocycles. The van der Waals surface area contributed by atoms with Crippen LogP contribution >= 0.6 is 0 Å². The number of nitrogens with one attached hydrogen (secondary N) is 1. The summed E-state index contributed by atoms with van der Waals surface area (Å²) in [6, 6.07) is 10.4. The second-order valence-electron chi connectivity index (χ2n) is 7.29. The van der Waals surface area contributed by atoms with Crippen molar-refractivity contribution >= 4 is 11.6 Å². The van der Waals surface area contributed by atoms with Crippen molar-refractivity contribution in [2.75, 3.05) is 18.4 Å². The Hall–Kier alpha value is -2.73. The molecule has 0 unspecified atom stereocenters. The Balaban J connectivity index is 1.46. The molecule has 0 spiro atoms. The van der Waals surface area contributed by atoms with Crippen molar-refractivity contribution in [3.8, 4) is 0 Å². The number of hydrogen-bond acceptors (Lipinski definition) is 5. The molecular weight excluding hydrogens is 336 g/mol. The van der Waals surface area contributed by atoms with Crippen molar-refractivity contribution in [2.45, 2.75) is 32.2 Å². The molecule has 0 bridgehead atoms. The molecule has 6 nitrogen and oxygen atoms in total. The van der Waals surface area contributed by atoms with Gasteiger partial charge >= 0.3 is 0 Å². The zero-order valence-corrected chi connectivity index (χ0v) is 16.0. The van der Waals surface area contributed by atoms with E-state index in [1.54, 1.807) is 6.20 Å². The average Bonchev–Trinajstić information content (AvgIpc) is 3.09. The van der Waals surface area contributed by atoms with Crippen LogP contribution in [0.25, 0.3) is 0 Å². The molecule has 1 aliphatic rings. The highest BCUT2D eigenvalue weighted by atomic mass is 15.3. The molecule has 4 heterocycles. The number of nitrogens with zero attached hydrogens (tertiary/aromatic N) is 5. The smallest absolute Gasteiger partial charge is 0.134 e. The van der Waals surface area contributed by atoms with E-state index in [4.69, 9.17) is 0 Å². The SMILES string of the molecule is Cc1cccnc1Nc1cc([C@@H]2CCCN(Cc3ccnn3C)C2)ccn1. The second-order valence-corrected chi connectivity index (χ2v) is 7.29. The van der Waals surface area contributed by atoms with Gasteiger partial charge < -0.3 is 5.32 Å². The highest BCUT2D eigenvalue weighted by Gasteiger charge is 2.22. The van der Waals surface area contributed by atoms with Gasteiger partial charge in [0.1, 0.15) is 11.6 Å². The van der Waals surface area contributed by atoms with Crippen LogP contribution in [0.4, 0.5) is 11.6 Å². The van der Waals surface area contributed by atoms with E-state index in [-0.39, 0.29) is 0 Å². The van der Waals surface area contributed by atoms with Crippen molar-refractivity contribution < 1.29 is 0 Å². The van der Waals surface area contributed by atoms with Crippen molar-refractivity contribution in [3.05, 3.63) is 65.7 Å². The largest absolute Gasteiger partial charge is 0.325 e. The third-order valence-corrected chi connectivity index (χ3v) is 5.32. The van der Waals surface area contributed by atoms with Gasteiger partial charge in [-0.1, -0.05) is 6.07 Å². The first-order valence-electron chi connectivity index (χ1n) is 9.53. The Morgan fingerprint density at radius 3 is 2.89 bits per heavy atom. The first-order chi connectivity index (χ1) is 13.2. The van der Waals surface area contributed by atoms with Crippen LogP contribution in [-0.4, -0.2) is 37.7 Å². The van der Waals surface area contributed by atoms with Gasteiger partial charge in [-0.15, -0.1) is 0 Å². The first-order valence-corrected chi connectivity index (χ1v) is 9.53. The van der Waals surface area contributed by atoms with Crippen LogP contribution in [0.2, 0.25) is 0 Å². The summed E-state index contributed by atoms with van der Waals surface area (Å²) in [4.78, 5) is 11.4. The van der Waals surface area contributed by atoms with E-state index in [9.17, 15) is 0 Å². The number of aromatic nitrogens is 4. The first kappa shape index (κ1) is 17.7. The van der Waals surface area contributed by atoms with Crippen LogP contribution < -0.4 is 5.32 Å². The topological polar surface area (TPSA) is 58.9 Å². The molecule has 0 aromatic carbocycles. The zero-order chi connectivity index (χ0) is 18.6. The van der Waals surface area contributed by atoms with Crippen LogP contribution in [0.1, 0.15) is 35.6 Å². The number of hydrogen-bond donors (Lipinski definition) is 1. The lowest BCUT2D eigenvalue weighted by Crippen LogP contribution is -2.34. The molecule has 3 aromatic rings. The standard InChI is InChI=1S/C21H26N6/c1-16-5-3-9-23-21(16)25-20-13-17(7-10-22-20)18-6-4-12-27(14-18)15-19-8-11-24-26(19)2/h3,5,7-11,13,18H,4,6,12,14-15H2,1-2H3,(H,22,23,25)/t18-/m1/s1. The molecule has 1 saturated heterocycles. The minimum Gasteiger partial charge on any atom is -0.325 e. The maximum Gasteiger partial charge on any atom is 0.134 e. The molecule has 0 amide bonds. The summed E-state index contributed by atoms with van der Waals surface area (Å²) in [5, 5.41) is 7.64. The van der Waals surface area contributed by atoms with Gasteiger partial charge in [0, 0.05) is 38.7 Å². The molecule has 0 radical (unpaired) electrons. The van der Waals surface area contributed by atoms with Gasteiger partial charge in [0.05, 0.1) is 5.69 Å². The maximum absolute atomic E-state index is 4.49. The number of rotatable bonds is 5. The number of likely N-dealkylation sites (tertiary alicyclic amines) is 1. The van der Waals surface area contributed by atoms with Crippen molar-refractivity contribution in [3.63, 3.8) is 0 Å². The predicted molar refractivity (Wildman–Crippen MR) is 107 cm³/mol. The van der Waals surface area contributed by atoms with Crippen LogP contribution in [0, 0.1) is 6.92 Å². The van der Waals surface area contributed by atoms with Gasteiger partial charge in [-0.3, -0.25) is 9.58 Å². The predicted octanol–water partition coefficient (Wildman–Crippen LogP) is 3.64. The fourth-order valence-corrected chi connectivity index (χ4v) is 3.76. The normalized spacial score (nSPS) is 17.8. The highest BCUT2D eigenvalue weighted by molar-refractivity contribution is 5.56. The van der Waals surface area contributed by atoms with E-state index in [1.807, 2.05) is 30.2 Å². The highest BCUT2D eigenvalue weighted by Crippen LogP contribution is 2.29. The third-order valence-electron chi connectivity index (χ3n) is 5.32. The molecule has 1 atom stereocenters. The van der Waals surface area contributed by atoms with Crippen LogP contribution in [0.15, 0.2) is 48.9 Å². The quantitative estimate of drug-likeness (QED) is 0.751. The Labute approximate surface area is 160 Å². The average molecular weight is 362 g/mol. The summed E-state index contributed by atoms with van der Waals surface area (Å²) in [5.41, 5.74) is 3.72. The Morgan fingerprint density at radius 2 is 2.07 bits per heavy atom. The van der Waals surface area contributed by atoms with Crippen LogP contribution in [0.5, 0.6) is 0 Å². The summed E-state index contributed by atoms with van der Waals surface area (Å²) in [6.45, 7) is 5.22. The molecule has 1 fully saturated rings. The second kappa shape index (κ2) is 7.88. The number of anilines is 2. The van der Waals surface area contributed by atoms with Crippen molar-refractivity contribution in [1.29, 1.82) is 0 Å². The summed E-state index contributed by atoms with van der Waals surface area (Å²) in [7, 11) is 2.01. The minimum atomic E-state index is 0.528. The summed E-state index contributed by atoms with van der Waals surface area (Å²) >= 11 is 0. The van der Waals surface area contributed by atoms with Gasteiger partial charge in [-0.25, -0.2) is 9.97 Å². The Morgan fingerprint density at radius 1 is 1.15 bits per heavy atom. The summed E-state index contributed by atoms with van der Waals surface area (Å²) in [5.74, 6) is 2.25. The van der Waals surface area contributed by atoms with Gasteiger partial charge in [-0.05, 0) is 67.6 Å². The summed E-state index contributed by atoms with van der Waals surface area (Å²) < 4.78 is 1.97. The van der Waals surface area contributed by atoms with Gasteiger partial charge in [0.25, 0.3) is 0 Å². The molecule has 140 valence electrons. The molecule has 6 heteroatoms. The van der Waals surface area contributed by atoms with Crippen LogP contribution in [-0.2, 0) is 13.6 Å². The van der Waals surface area contributed by atoms with Gasteiger partial charge in [-0.2, -0.15) is 5.10 Å². The molecule has 0 aliphatic carbocycles. The summed E-state index contributed by atoms with van der Waals surface area (Å²) in [6.07, 6.45) is 8.00. The zero-order valence-electron chi connectivity index (χ0n) is 16.0. The maximum atomic E-state index is 4.49. The van der Waals surface area contributed by atoms with Crippen molar-refractivity contribution in [2.24, 2.45) is 7.05 Å². The molecule has 1 aliphatic heterocycles. The van der Waals surface area contributed by atoms with Crippen LogP contribution in [0.3, 0.4) is 0 Å². The molecule has 4 rings (SSSR count). The van der Waals surface area contributed by atoms with E-state index >= 15 is 0 Å². The lowest BCUT2D eigenvalue weighted by Gasteiger charge is -2.33. The van der Waals surface area contributed by atoms with E-state index in [1.165, 1.54) is 24.1 Å². The fourth-order valence-electron chi connectivity index (χ4n) is 3.76. The third kappa shape index (κ3) is 4.17. The number of aryl methyl sites for hydroxylation is 2. The van der Waals surface area contributed by atoms with Crippen molar-refractivity contribution in [1.82, 2.24) is 24.6 Å².